The third-order valence-corrected chi connectivity index (χ3v) is 1.83. The Kier molecular flexibility index (Phi) is 3.02. The number of hydrogen-bond acceptors (Lipinski definition) is 3. The minimum atomic E-state index is -1.04. The van der Waals surface area contributed by atoms with Gasteiger partial charge in [0.25, 0.3) is 0 Å². The minimum absolute atomic E-state index is 0.588. The van der Waals surface area contributed by atoms with Gasteiger partial charge in [-0.3, -0.25) is 5.26 Å². The summed E-state index contributed by atoms with van der Waals surface area (Å²) in [5.41, 5.74) is -0.454. The molecule has 0 radical (unpaired) electrons. The molecule has 0 aromatic carbocycles. The zero-order chi connectivity index (χ0) is 8.36. The Morgan fingerprint density at radius 1 is 1.70 bits per heavy atom. The monoisotopic (exact) mass is 146 g/mol. The largest absolute Gasteiger partial charge is 0.390 e. The van der Waals surface area contributed by atoms with Gasteiger partial charge < -0.3 is 5.11 Å². The van der Waals surface area contributed by atoms with Crippen LogP contribution < -0.4 is 0 Å². The van der Waals surface area contributed by atoms with E-state index >= 15 is 0 Å². The smallest absolute Gasteiger partial charge is 0.146 e. The van der Waals surface area contributed by atoms with Gasteiger partial charge >= 0.3 is 0 Å². The van der Waals surface area contributed by atoms with Gasteiger partial charge in [0.2, 0.25) is 0 Å². The molecule has 0 saturated carbocycles. The Bertz CT molecular complexity index is 131. The Balaban J connectivity index is 4.38. The molecule has 10 heavy (non-hydrogen) atoms. The molecular formula is C7H14O3. The fourth-order valence-electron chi connectivity index (χ4n) is 0.511. The molecule has 2 N–H and O–H groups in total. The van der Waals surface area contributed by atoms with Gasteiger partial charge in [-0.25, -0.2) is 4.89 Å². The van der Waals surface area contributed by atoms with Gasteiger partial charge in [-0.1, -0.05) is 6.58 Å². The lowest BCUT2D eigenvalue weighted by Gasteiger charge is -2.28. The molecule has 0 aliphatic rings. The lowest BCUT2D eigenvalue weighted by molar-refractivity contribution is -0.324. The highest BCUT2D eigenvalue weighted by molar-refractivity contribution is 5.10. The average Bonchev–Trinajstić information content (AvgIpc) is 1.85. The van der Waals surface area contributed by atoms with Crippen molar-refractivity contribution in [3.8, 4) is 0 Å². The van der Waals surface area contributed by atoms with Crippen molar-refractivity contribution >= 4 is 0 Å². The zero-order valence-electron chi connectivity index (χ0n) is 6.59. The van der Waals surface area contributed by atoms with Crippen LogP contribution in [0.15, 0.2) is 12.2 Å². The molecule has 3 nitrogen and oxygen atoms in total. The summed E-state index contributed by atoms with van der Waals surface area (Å²) in [4.78, 5) is 4.11. The van der Waals surface area contributed by atoms with Crippen LogP contribution in [0, 0.1) is 0 Å². The summed E-state index contributed by atoms with van der Waals surface area (Å²) in [6, 6.07) is 0. The molecular weight excluding hydrogens is 132 g/mol. The maximum absolute atomic E-state index is 9.10. The summed E-state index contributed by atoms with van der Waals surface area (Å²) >= 11 is 0. The van der Waals surface area contributed by atoms with Gasteiger partial charge in [-0.15, -0.1) is 0 Å². The van der Waals surface area contributed by atoms with E-state index in [1.165, 1.54) is 6.92 Å². The summed E-state index contributed by atoms with van der Waals surface area (Å²) in [7, 11) is 0. The molecule has 0 heterocycles. The summed E-state index contributed by atoms with van der Waals surface area (Å²) in [6.07, 6.45) is -0.769. The van der Waals surface area contributed by atoms with E-state index in [1.54, 1.807) is 13.8 Å². The van der Waals surface area contributed by atoms with Crippen LogP contribution in [0.1, 0.15) is 20.8 Å². The van der Waals surface area contributed by atoms with E-state index in [-0.39, 0.29) is 0 Å². The average molecular weight is 146 g/mol. The van der Waals surface area contributed by atoms with E-state index in [9.17, 15) is 0 Å². The number of aliphatic hydroxyl groups is 1. The molecule has 0 saturated heterocycles. The molecule has 0 aromatic heterocycles. The maximum Gasteiger partial charge on any atom is 0.146 e. The first-order chi connectivity index (χ1) is 4.45. The Morgan fingerprint density at radius 2 is 2.10 bits per heavy atom. The van der Waals surface area contributed by atoms with Gasteiger partial charge in [-0.2, -0.15) is 0 Å². The third-order valence-electron chi connectivity index (χ3n) is 1.83. The SMILES string of the molecule is C=C(C)[C@@](C)(OO)[C@@H](C)O. The molecule has 0 unspecified atom stereocenters. The predicted octanol–water partition coefficient (Wildman–Crippen LogP) is 1.19. The summed E-state index contributed by atoms with van der Waals surface area (Å²) in [6.45, 7) is 8.36. The molecule has 2 atom stereocenters. The standard InChI is InChI=1S/C7H14O3/c1-5(2)7(4,10-9)6(3)8/h6,8-9H,1H2,2-4H3/t6-,7-/m1/s1. The topological polar surface area (TPSA) is 49.7 Å². The first-order valence-corrected chi connectivity index (χ1v) is 3.11. The third kappa shape index (κ3) is 1.56. The quantitative estimate of drug-likeness (QED) is 0.357. The number of hydrogen-bond donors (Lipinski definition) is 2. The molecule has 0 bridgehead atoms. The van der Waals surface area contributed by atoms with Crippen molar-refractivity contribution in [1.82, 2.24) is 0 Å². The fraction of sp³-hybridized carbons (Fsp3) is 0.714. The van der Waals surface area contributed by atoms with E-state index in [2.05, 4.69) is 11.5 Å². The zero-order valence-corrected chi connectivity index (χ0v) is 6.59. The molecule has 3 heteroatoms. The second kappa shape index (κ2) is 3.14. The molecule has 0 aromatic rings. The lowest BCUT2D eigenvalue weighted by Crippen LogP contribution is -2.40. The van der Waals surface area contributed by atoms with Crippen LogP contribution >= 0.6 is 0 Å². The van der Waals surface area contributed by atoms with E-state index < -0.39 is 11.7 Å². The van der Waals surface area contributed by atoms with Gasteiger partial charge in [0.1, 0.15) is 5.60 Å². The van der Waals surface area contributed by atoms with E-state index in [4.69, 9.17) is 10.4 Å². The van der Waals surface area contributed by atoms with Crippen LogP contribution in [0.2, 0.25) is 0 Å². The molecule has 60 valence electrons. The number of aliphatic hydroxyl groups excluding tert-OH is 1. The summed E-state index contributed by atoms with van der Waals surface area (Å²) in [5.74, 6) is 0. The van der Waals surface area contributed by atoms with E-state index in [0.717, 1.165) is 0 Å². The van der Waals surface area contributed by atoms with Gasteiger partial charge in [-0.05, 0) is 26.3 Å². The molecule has 0 aliphatic carbocycles. The van der Waals surface area contributed by atoms with Gasteiger partial charge in [0.15, 0.2) is 0 Å². The van der Waals surface area contributed by atoms with E-state index in [0.29, 0.717) is 5.57 Å². The molecule has 0 amide bonds. The molecule has 0 rings (SSSR count). The predicted molar refractivity (Wildman–Crippen MR) is 38.6 cm³/mol. The summed E-state index contributed by atoms with van der Waals surface area (Å²) < 4.78 is 0. The van der Waals surface area contributed by atoms with Crippen molar-refractivity contribution in [2.45, 2.75) is 32.5 Å². The Hall–Kier alpha value is -0.380. The fourth-order valence-corrected chi connectivity index (χ4v) is 0.511. The maximum atomic E-state index is 9.10. The van der Waals surface area contributed by atoms with Crippen molar-refractivity contribution < 1.29 is 15.3 Å². The number of rotatable bonds is 3. The first-order valence-electron chi connectivity index (χ1n) is 3.11. The van der Waals surface area contributed by atoms with Crippen molar-refractivity contribution in [3.63, 3.8) is 0 Å². The van der Waals surface area contributed by atoms with Crippen LogP contribution in [0.5, 0.6) is 0 Å². The van der Waals surface area contributed by atoms with Crippen LogP contribution in [0.25, 0.3) is 0 Å². The van der Waals surface area contributed by atoms with E-state index in [1.807, 2.05) is 0 Å². The lowest BCUT2D eigenvalue weighted by atomic mass is 9.93. The Labute approximate surface area is 60.9 Å². The second-order valence-corrected chi connectivity index (χ2v) is 2.65. The molecule has 0 aliphatic heterocycles. The van der Waals surface area contributed by atoms with Crippen molar-refractivity contribution in [2.24, 2.45) is 0 Å². The highest BCUT2D eigenvalue weighted by Gasteiger charge is 2.32. The van der Waals surface area contributed by atoms with Crippen LogP contribution in [0.3, 0.4) is 0 Å². The van der Waals surface area contributed by atoms with Crippen molar-refractivity contribution in [3.05, 3.63) is 12.2 Å². The van der Waals surface area contributed by atoms with Crippen molar-refractivity contribution in [2.75, 3.05) is 0 Å². The highest BCUT2D eigenvalue weighted by atomic mass is 17.1. The highest BCUT2D eigenvalue weighted by Crippen LogP contribution is 2.22. The van der Waals surface area contributed by atoms with Crippen LogP contribution in [-0.2, 0) is 4.89 Å². The minimum Gasteiger partial charge on any atom is -0.390 e. The van der Waals surface area contributed by atoms with Crippen LogP contribution in [0.4, 0.5) is 0 Å². The summed E-state index contributed by atoms with van der Waals surface area (Å²) in [5, 5.41) is 17.5. The van der Waals surface area contributed by atoms with Crippen molar-refractivity contribution in [1.29, 1.82) is 0 Å². The van der Waals surface area contributed by atoms with Gasteiger partial charge in [0.05, 0.1) is 6.10 Å². The molecule has 0 fully saturated rings. The molecule has 0 spiro atoms. The van der Waals surface area contributed by atoms with Crippen LogP contribution in [-0.4, -0.2) is 22.1 Å². The first kappa shape index (κ1) is 9.62. The normalized spacial score (nSPS) is 19.7. The Morgan fingerprint density at radius 3 is 2.10 bits per heavy atom. The van der Waals surface area contributed by atoms with Gasteiger partial charge in [0, 0.05) is 0 Å². The second-order valence-electron chi connectivity index (χ2n) is 2.65.